The molecule has 0 saturated heterocycles. The molecule has 0 fully saturated rings. The van der Waals surface area contributed by atoms with Crippen LogP contribution < -0.4 is 19.5 Å². The first-order chi connectivity index (χ1) is 14.5. The summed E-state index contributed by atoms with van der Waals surface area (Å²) >= 11 is 0. The molecule has 0 spiro atoms. The summed E-state index contributed by atoms with van der Waals surface area (Å²) in [6.07, 6.45) is 1.72. The number of amides is 1. The minimum atomic E-state index is -1.11. The lowest BCUT2D eigenvalue weighted by molar-refractivity contribution is -0.116. The molecule has 0 aliphatic carbocycles. The number of nitrogens with one attached hydrogen (secondary N) is 1. The lowest BCUT2D eigenvalue weighted by Gasteiger charge is -2.26. The molecule has 2 aromatic carbocycles. The predicted octanol–water partition coefficient (Wildman–Crippen LogP) is 3.39. The van der Waals surface area contributed by atoms with Gasteiger partial charge in [-0.25, -0.2) is 4.79 Å². The lowest BCUT2D eigenvalue weighted by Crippen LogP contribution is -2.25. The number of carboxylic acid groups (broad SMARTS) is 1. The summed E-state index contributed by atoms with van der Waals surface area (Å²) in [6.45, 7) is 0.151. The zero-order valence-corrected chi connectivity index (χ0v) is 16.0. The molecule has 30 heavy (non-hydrogen) atoms. The second kappa shape index (κ2) is 6.84. The Morgan fingerprint density at radius 3 is 2.83 bits per heavy atom. The molecule has 3 aromatic rings. The minimum Gasteiger partial charge on any atom is -0.497 e. The third-order valence-corrected chi connectivity index (χ3v) is 5.39. The van der Waals surface area contributed by atoms with Crippen LogP contribution in [-0.2, 0) is 4.79 Å². The van der Waals surface area contributed by atoms with E-state index in [1.807, 2.05) is 36.4 Å². The van der Waals surface area contributed by atoms with Crippen LogP contribution in [0.15, 0.2) is 48.7 Å². The first-order valence-electron chi connectivity index (χ1n) is 9.37. The van der Waals surface area contributed by atoms with E-state index in [1.54, 1.807) is 17.7 Å². The van der Waals surface area contributed by atoms with Gasteiger partial charge in [0.1, 0.15) is 11.3 Å². The number of fused-ring (bicyclic) bond motifs is 2. The van der Waals surface area contributed by atoms with Crippen molar-refractivity contribution in [1.82, 2.24) is 4.57 Å². The van der Waals surface area contributed by atoms with Crippen molar-refractivity contribution in [3.05, 3.63) is 65.5 Å². The van der Waals surface area contributed by atoms with E-state index in [4.69, 9.17) is 14.2 Å². The molecule has 1 unspecified atom stereocenters. The Hall–Kier alpha value is -3.94. The molecule has 1 atom stereocenters. The van der Waals surface area contributed by atoms with Gasteiger partial charge in [0.25, 0.3) is 0 Å². The Balaban J connectivity index is 1.72. The topological polar surface area (TPSA) is 99.0 Å². The van der Waals surface area contributed by atoms with Gasteiger partial charge in [-0.3, -0.25) is 4.79 Å². The molecule has 2 N–H and O–H groups in total. The number of carboxylic acids is 1. The van der Waals surface area contributed by atoms with Crippen LogP contribution >= 0.6 is 0 Å². The average Bonchev–Trinajstić information content (AvgIpc) is 3.37. The van der Waals surface area contributed by atoms with Crippen LogP contribution in [0.25, 0.3) is 5.69 Å². The van der Waals surface area contributed by atoms with E-state index in [2.05, 4.69) is 5.32 Å². The maximum Gasteiger partial charge on any atom is 0.339 e. The third-order valence-electron chi connectivity index (χ3n) is 5.39. The van der Waals surface area contributed by atoms with Crippen LogP contribution in [0.2, 0.25) is 0 Å². The summed E-state index contributed by atoms with van der Waals surface area (Å²) in [4.78, 5) is 24.4. The van der Waals surface area contributed by atoms with Gasteiger partial charge >= 0.3 is 5.97 Å². The van der Waals surface area contributed by atoms with Crippen molar-refractivity contribution in [3.8, 4) is 22.9 Å². The SMILES string of the molecule is COc1cccc(-n2cc(C(=O)O)c3c2C(c2ccc4c(c2)OCO4)CC(=O)N3)c1. The first kappa shape index (κ1) is 18.1. The van der Waals surface area contributed by atoms with Crippen LogP contribution in [0.1, 0.15) is 34.0 Å². The zero-order chi connectivity index (χ0) is 20.8. The summed E-state index contributed by atoms with van der Waals surface area (Å²) in [6, 6.07) is 12.9. The second-order valence-electron chi connectivity index (χ2n) is 7.10. The molecule has 0 radical (unpaired) electrons. The Bertz CT molecular complexity index is 1180. The second-order valence-corrected chi connectivity index (χ2v) is 7.10. The lowest BCUT2D eigenvalue weighted by atomic mass is 9.88. The van der Waals surface area contributed by atoms with Gasteiger partial charge in [0.15, 0.2) is 11.5 Å². The highest BCUT2D eigenvalue weighted by molar-refractivity contribution is 6.04. The number of hydrogen-bond acceptors (Lipinski definition) is 5. The molecule has 1 amide bonds. The largest absolute Gasteiger partial charge is 0.497 e. The van der Waals surface area contributed by atoms with Crippen LogP contribution in [0.4, 0.5) is 5.69 Å². The maximum absolute atomic E-state index is 12.5. The van der Waals surface area contributed by atoms with Crippen molar-refractivity contribution in [2.75, 3.05) is 19.2 Å². The Labute approximate surface area is 171 Å². The van der Waals surface area contributed by atoms with Gasteiger partial charge in [0.05, 0.1) is 18.5 Å². The van der Waals surface area contributed by atoms with E-state index < -0.39 is 5.97 Å². The molecule has 0 bridgehead atoms. The first-order valence-corrected chi connectivity index (χ1v) is 9.37. The fourth-order valence-corrected chi connectivity index (χ4v) is 4.01. The molecule has 1 aromatic heterocycles. The van der Waals surface area contributed by atoms with Crippen molar-refractivity contribution in [2.24, 2.45) is 0 Å². The van der Waals surface area contributed by atoms with E-state index >= 15 is 0 Å². The highest BCUT2D eigenvalue weighted by atomic mass is 16.7. The fraction of sp³-hybridized carbons (Fsp3) is 0.182. The number of carbonyl (C=O) groups is 2. The summed E-state index contributed by atoms with van der Waals surface area (Å²) < 4.78 is 18.0. The molecule has 8 nitrogen and oxygen atoms in total. The quantitative estimate of drug-likeness (QED) is 0.689. The molecule has 152 valence electrons. The number of nitrogens with zero attached hydrogens (tertiary/aromatic N) is 1. The van der Waals surface area contributed by atoms with E-state index in [9.17, 15) is 14.7 Å². The molecule has 8 heteroatoms. The van der Waals surface area contributed by atoms with Gasteiger partial charge in [0, 0.05) is 30.3 Å². The van der Waals surface area contributed by atoms with Crippen molar-refractivity contribution in [2.45, 2.75) is 12.3 Å². The van der Waals surface area contributed by atoms with Crippen LogP contribution in [0.5, 0.6) is 17.2 Å². The van der Waals surface area contributed by atoms with Crippen LogP contribution in [-0.4, -0.2) is 35.5 Å². The van der Waals surface area contributed by atoms with Crippen molar-refractivity contribution in [3.63, 3.8) is 0 Å². The number of ether oxygens (including phenoxy) is 3. The summed E-state index contributed by atoms with van der Waals surface area (Å²) in [5.74, 6) is 0.191. The molecule has 2 aliphatic rings. The van der Waals surface area contributed by atoms with Gasteiger partial charge in [-0.15, -0.1) is 0 Å². The summed E-state index contributed by atoms with van der Waals surface area (Å²) in [5.41, 5.74) is 2.62. The van der Waals surface area contributed by atoms with Crippen molar-refractivity contribution >= 4 is 17.6 Å². The van der Waals surface area contributed by atoms with Crippen LogP contribution in [0.3, 0.4) is 0 Å². The van der Waals surface area contributed by atoms with Gasteiger partial charge in [-0.05, 0) is 29.8 Å². The van der Waals surface area contributed by atoms with Crippen molar-refractivity contribution in [1.29, 1.82) is 0 Å². The molecular weight excluding hydrogens is 388 g/mol. The monoisotopic (exact) mass is 406 g/mol. The van der Waals surface area contributed by atoms with E-state index in [-0.39, 0.29) is 30.6 Å². The predicted molar refractivity (Wildman–Crippen MR) is 107 cm³/mol. The molecular formula is C22H18N2O6. The summed E-state index contributed by atoms with van der Waals surface area (Å²) in [5, 5.41) is 12.5. The number of hydrogen-bond donors (Lipinski definition) is 2. The molecule has 2 aliphatic heterocycles. The number of carbonyl (C=O) groups excluding carboxylic acids is 1. The number of rotatable bonds is 4. The Kier molecular flexibility index (Phi) is 4.13. The number of anilines is 1. The van der Waals surface area contributed by atoms with Gasteiger partial charge < -0.3 is 29.2 Å². The number of aromatic carboxylic acids is 1. The third kappa shape index (κ3) is 2.85. The van der Waals surface area contributed by atoms with Gasteiger partial charge in [0.2, 0.25) is 12.7 Å². The van der Waals surface area contributed by atoms with E-state index in [1.165, 1.54) is 6.20 Å². The Morgan fingerprint density at radius 2 is 2.03 bits per heavy atom. The normalized spacial score (nSPS) is 16.7. The van der Waals surface area contributed by atoms with E-state index in [0.717, 1.165) is 11.3 Å². The number of aromatic nitrogens is 1. The zero-order valence-electron chi connectivity index (χ0n) is 16.0. The van der Waals surface area contributed by atoms with Gasteiger partial charge in [-0.2, -0.15) is 0 Å². The van der Waals surface area contributed by atoms with Crippen LogP contribution in [0, 0.1) is 0 Å². The smallest absolute Gasteiger partial charge is 0.339 e. The molecule has 0 saturated carbocycles. The van der Waals surface area contributed by atoms with Gasteiger partial charge in [-0.1, -0.05) is 12.1 Å². The van der Waals surface area contributed by atoms with Crippen molar-refractivity contribution < 1.29 is 28.9 Å². The standard InChI is InChI=1S/C22H18N2O6/c1-28-14-4-2-3-13(8-14)24-10-16(22(26)27)20-21(24)15(9-19(25)23-20)12-5-6-17-18(7-12)30-11-29-17/h2-8,10,15H,9,11H2,1H3,(H,23,25)(H,26,27). The highest BCUT2D eigenvalue weighted by Gasteiger charge is 2.35. The fourth-order valence-electron chi connectivity index (χ4n) is 4.01. The minimum absolute atomic E-state index is 0.0339. The molecule has 5 rings (SSSR count). The molecule has 3 heterocycles. The number of methoxy groups -OCH3 is 1. The Morgan fingerprint density at radius 1 is 1.20 bits per heavy atom. The highest BCUT2D eigenvalue weighted by Crippen LogP contribution is 2.44. The number of benzene rings is 2. The average molecular weight is 406 g/mol. The maximum atomic E-state index is 12.5. The summed E-state index contributed by atoms with van der Waals surface area (Å²) in [7, 11) is 1.57. The van der Waals surface area contributed by atoms with E-state index in [0.29, 0.717) is 28.6 Å².